The van der Waals surface area contributed by atoms with Crippen LogP contribution in [0.2, 0.25) is 5.02 Å². The van der Waals surface area contributed by atoms with E-state index in [1.54, 1.807) is 38.1 Å². The Morgan fingerprint density at radius 2 is 1.61 bits per heavy atom. The second-order valence-corrected chi connectivity index (χ2v) is 11.1. The lowest BCUT2D eigenvalue weighted by Crippen LogP contribution is -2.38. The van der Waals surface area contributed by atoms with Gasteiger partial charge in [-0.05, 0) is 38.0 Å². The number of hydrogen-bond donors (Lipinski definition) is 1. The van der Waals surface area contributed by atoms with Crippen LogP contribution in [0.4, 0.5) is 0 Å². The number of nitrogens with zero attached hydrogens (tertiary/aromatic N) is 3. The van der Waals surface area contributed by atoms with Crippen LogP contribution in [0, 0.1) is 13.8 Å². The molecule has 0 spiro atoms. The monoisotopic (exact) mass is 446 g/mol. The van der Waals surface area contributed by atoms with Crippen LogP contribution in [0.25, 0.3) is 0 Å². The van der Waals surface area contributed by atoms with Gasteiger partial charge >= 0.3 is 0 Å². The van der Waals surface area contributed by atoms with E-state index in [1.165, 1.54) is 8.61 Å². The van der Waals surface area contributed by atoms with E-state index < -0.39 is 20.0 Å². The molecule has 1 aromatic heterocycles. The molecule has 2 heterocycles. The van der Waals surface area contributed by atoms with E-state index in [0.29, 0.717) is 28.4 Å². The van der Waals surface area contributed by atoms with Gasteiger partial charge in [-0.25, -0.2) is 21.1 Å². The number of sulfonamides is 2. The highest BCUT2D eigenvalue weighted by molar-refractivity contribution is 7.89. The quantitative estimate of drug-likeness (QED) is 0.755. The average Bonchev–Trinajstić information content (AvgIpc) is 2.83. The van der Waals surface area contributed by atoms with Gasteiger partial charge in [0.2, 0.25) is 20.0 Å². The molecule has 0 bridgehead atoms. The SMILES string of the molecule is Cc1n[nH]c(C)c1S(=O)(=O)N1CCCN(S(=O)(=O)Cc2ccc(Cl)cc2)CC1. The van der Waals surface area contributed by atoms with Crippen LogP contribution in [-0.2, 0) is 25.8 Å². The number of rotatable bonds is 5. The van der Waals surface area contributed by atoms with Crippen molar-refractivity contribution in [1.82, 2.24) is 18.8 Å². The van der Waals surface area contributed by atoms with Crippen molar-refractivity contribution in [2.75, 3.05) is 26.2 Å². The fourth-order valence-electron chi connectivity index (χ4n) is 3.32. The molecule has 1 fully saturated rings. The number of aromatic nitrogens is 2. The molecule has 0 atom stereocenters. The topological polar surface area (TPSA) is 103 Å². The first-order valence-electron chi connectivity index (χ1n) is 8.85. The molecule has 0 aliphatic carbocycles. The first kappa shape index (κ1) is 21.3. The van der Waals surface area contributed by atoms with Crippen molar-refractivity contribution in [3.8, 4) is 0 Å². The van der Waals surface area contributed by atoms with Crippen molar-refractivity contribution in [1.29, 1.82) is 0 Å². The molecule has 11 heteroatoms. The van der Waals surface area contributed by atoms with E-state index in [1.807, 2.05) is 0 Å². The number of benzene rings is 1. The third-order valence-electron chi connectivity index (χ3n) is 4.73. The number of nitrogens with one attached hydrogen (secondary N) is 1. The Bertz CT molecular complexity index is 1030. The Morgan fingerprint density at radius 3 is 2.21 bits per heavy atom. The minimum atomic E-state index is -3.73. The smallest absolute Gasteiger partial charge is 0.246 e. The van der Waals surface area contributed by atoms with Gasteiger partial charge in [-0.3, -0.25) is 5.10 Å². The molecule has 2 aromatic rings. The maximum atomic E-state index is 13.0. The summed E-state index contributed by atoms with van der Waals surface area (Å²) in [6.45, 7) is 4.06. The standard InChI is InChI=1S/C17H23ClN4O4S2/c1-13-17(14(2)20-19-13)28(25,26)22-9-3-8-21(10-11-22)27(23,24)12-15-4-6-16(18)7-5-15/h4-7H,3,8-12H2,1-2H3,(H,19,20). The molecule has 1 saturated heterocycles. The molecule has 1 aliphatic rings. The molecule has 0 unspecified atom stereocenters. The molecule has 1 aromatic carbocycles. The van der Waals surface area contributed by atoms with Gasteiger partial charge in [-0.15, -0.1) is 0 Å². The van der Waals surface area contributed by atoms with Crippen LogP contribution < -0.4 is 0 Å². The Balaban J connectivity index is 1.75. The molecular formula is C17H23ClN4O4S2. The van der Waals surface area contributed by atoms with Crippen molar-refractivity contribution in [2.24, 2.45) is 0 Å². The van der Waals surface area contributed by atoms with E-state index in [-0.39, 0.29) is 36.8 Å². The minimum Gasteiger partial charge on any atom is -0.281 e. The fraction of sp³-hybridized carbons (Fsp3) is 0.471. The summed E-state index contributed by atoms with van der Waals surface area (Å²) in [6, 6.07) is 6.66. The second-order valence-electron chi connectivity index (χ2n) is 6.80. The van der Waals surface area contributed by atoms with Gasteiger partial charge in [0.1, 0.15) is 4.90 Å². The zero-order valence-corrected chi connectivity index (χ0v) is 18.1. The van der Waals surface area contributed by atoms with Gasteiger partial charge in [-0.1, -0.05) is 23.7 Å². The number of hydrogen-bond acceptors (Lipinski definition) is 5. The average molecular weight is 447 g/mol. The predicted molar refractivity (Wildman–Crippen MR) is 107 cm³/mol. The Labute approximate surface area is 170 Å². The van der Waals surface area contributed by atoms with Gasteiger partial charge in [0.15, 0.2) is 0 Å². The Hall–Kier alpha value is -1.46. The number of halogens is 1. The largest absolute Gasteiger partial charge is 0.281 e. The van der Waals surface area contributed by atoms with E-state index in [9.17, 15) is 16.8 Å². The number of aromatic amines is 1. The molecule has 3 rings (SSSR count). The predicted octanol–water partition coefficient (Wildman–Crippen LogP) is 1.91. The summed E-state index contributed by atoms with van der Waals surface area (Å²) in [6.07, 6.45) is 0.426. The minimum absolute atomic E-state index is 0.103. The highest BCUT2D eigenvalue weighted by Crippen LogP contribution is 2.24. The van der Waals surface area contributed by atoms with Gasteiger partial charge in [-0.2, -0.15) is 9.40 Å². The van der Waals surface area contributed by atoms with Crippen molar-refractivity contribution in [2.45, 2.75) is 30.9 Å². The second kappa shape index (κ2) is 8.11. The summed E-state index contributed by atoms with van der Waals surface area (Å²) < 4.78 is 54.3. The molecule has 0 amide bonds. The van der Waals surface area contributed by atoms with Crippen molar-refractivity contribution in [3.05, 3.63) is 46.2 Å². The highest BCUT2D eigenvalue weighted by Gasteiger charge is 2.33. The van der Waals surface area contributed by atoms with Crippen molar-refractivity contribution >= 4 is 31.6 Å². The van der Waals surface area contributed by atoms with Crippen molar-refractivity contribution in [3.63, 3.8) is 0 Å². The summed E-state index contributed by atoms with van der Waals surface area (Å²) in [5.41, 5.74) is 1.53. The molecule has 28 heavy (non-hydrogen) atoms. The lowest BCUT2D eigenvalue weighted by molar-refractivity contribution is 0.404. The first-order chi connectivity index (χ1) is 13.1. The molecular weight excluding hydrogens is 424 g/mol. The molecule has 1 N–H and O–H groups in total. The molecule has 154 valence electrons. The van der Waals surface area contributed by atoms with Crippen LogP contribution in [-0.4, -0.2) is 61.8 Å². The van der Waals surface area contributed by atoms with Crippen LogP contribution in [0.15, 0.2) is 29.2 Å². The third-order valence-corrected chi connectivity index (χ3v) is 8.99. The van der Waals surface area contributed by atoms with Crippen LogP contribution in [0.1, 0.15) is 23.4 Å². The highest BCUT2D eigenvalue weighted by atomic mass is 35.5. The van der Waals surface area contributed by atoms with Crippen LogP contribution in [0.3, 0.4) is 0 Å². The number of aryl methyl sites for hydroxylation is 2. The molecule has 8 nitrogen and oxygen atoms in total. The summed E-state index contributed by atoms with van der Waals surface area (Å²) in [7, 11) is -7.29. The normalized spacial score (nSPS) is 17.5. The third kappa shape index (κ3) is 4.41. The maximum absolute atomic E-state index is 13.0. The maximum Gasteiger partial charge on any atom is 0.246 e. The number of H-pyrrole nitrogens is 1. The van der Waals surface area contributed by atoms with E-state index >= 15 is 0 Å². The van der Waals surface area contributed by atoms with Crippen LogP contribution >= 0.6 is 11.6 Å². The zero-order valence-electron chi connectivity index (χ0n) is 15.7. The van der Waals surface area contributed by atoms with Crippen LogP contribution in [0.5, 0.6) is 0 Å². The summed E-state index contributed by atoms with van der Waals surface area (Å²) in [5, 5.41) is 7.20. The van der Waals surface area contributed by atoms with E-state index in [4.69, 9.17) is 11.6 Å². The molecule has 0 radical (unpaired) electrons. The summed E-state index contributed by atoms with van der Waals surface area (Å²) >= 11 is 5.85. The molecule has 0 saturated carbocycles. The van der Waals surface area contributed by atoms with Gasteiger partial charge < -0.3 is 0 Å². The summed E-state index contributed by atoms with van der Waals surface area (Å²) in [4.78, 5) is 0.171. The van der Waals surface area contributed by atoms with Gasteiger partial charge in [0, 0.05) is 31.2 Å². The van der Waals surface area contributed by atoms with E-state index in [2.05, 4.69) is 10.2 Å². The lowest BCUT2D eigenvalue weighted by Gasteiger charge is -2.22. The molecule has 1 aliphatic heterocycles. The van der Waals surface area contributed by atoms with Gasteiger partial charge in [0.25, 0.3) is 0 Å². The van der Waals surface area contributed by atoms with Gasteiger partial charge in [0.05, 0.1) is 17.1 Å². The zero-order chi connectivity index (χ0) is 20.5. The lowest BCUT2D eigenvalue weighted by atomic mass is 10.2. The fourth-order valence-corrected chi connectivity index (χ4v) is 6.81. The van der Waals surface area contributed by atoms with Crippen molar-refractivity contribution < 1.29 is 16.8 Å². The Morgan fingerprint density at radius 1 is 1.00 bits per heavy atom. The Kier molecular flexibility index (Phi) is 6.16. The first-order valence-corrected chi connectivity index (χ1v) is 12.3. The summed E-state index contributed by atoms with van der Waals surface area (Å²) in [5.74, 6) is -0.142. The van der Waals surface area contributed by atoms with E-state index in [0.717, 1.165) is 0 Å².